The first kappa shape index (κ1) is 31.9. The summed E-state index contributed by atoms with van der Waals surface area (Å²) in [7, 11) is -3.96. The third kappa shape index (κ3) is 7.46. The van der Waals surface area contributed by atoms with Crippen LogP contribution in [0.4, 0.5) is 0 Å². The van der Waals surface area contributed by atoms with Gasteiger partial charge < -0.3 is 8.85 Å². The number of hydrogen-bond donors (Lipinski definition) is 0. The summed E-state index contributed by atoms with van der Waals surface area (Å²) in [6.07, 6.45) is 1.39. The zero-order valence-electron chi connectivity index (χ0n) is 24.6. The number of rotatable bonds is 12. The predicted molar refractivity (Wildman–Crippen MR) is 149 cm³/mol. The second kappa shape index (κ2) is 12.6. The minimum atomic E-state index is -2.01. The van der Waals surface area contributed by atoms with Gasteiger partial charge in [0.05, 0.1) is 12.2 Å². The first-order valence-electron chi connectivity index (χ1n) is 13.2. The van der Waals surface area contributed by atoms with Crippen LogP contribution in [0, 0.1) is 29.6 Å². The molecule has 0 radical (unpaired) electrons. The highest BCUT2D eigenvalue weighted by Crippen LogP contribution is 2.46. The van der Waals surface area contributed by atoms with Gasteiger partial charge in [-0.05, 0) is 54.5 Å². The third-order valence-corrected chi connectivity index (χ3v) is 19.0. The Morgan fingerprint density at radius 2 is 1.19 bits per heavy atom. The Morgan fingerprint density at radius 1 is 0.750 bits per heavy atom. The molecule has 2 nitrogen and oxygen atoms in total. The van der Waals surface area contributed by atoms with E-state index in [1.807, 2.05) is 6.92 Å². The van der Waals surface area contributed by atoms with Gasteiger partial charge in [0.25, 0.3) is 0 Å². The van der Waals surface area contributed by atoms with E-state index in [-0.39, 0.29) is 29.1 Å². The van der Waals surface area contributed by atoms with Crippen molar-refractivity contribution in [3.63, 3.8) is 0 Å². The molecule has 4 heteroatoms. The molecule has 5 atom stereocenters. The van der Waals surface area contributed by atoms with Crippen molar-refractivity contribution < 1.29 is 8.85 Å². The van der Waals surface area contributed by atoms with Gasteiger partial charge in [0, 0.05) is 11.8 Å². The van der Waals surface area contributed by atoms with Crippen molar-refractivity contribution in [2.24, 2.45) is 17.8 Å². The first-order valence-corrected chi connectivity index (χ1v) is 18.2. The quantitative estimate of drug-likeness (QED) is 0.204. The molecule has 0 saturated carbocycles. The van der Waals surface area contributed by atoms with Crippen molar-refractivity contribution in [1.82, 2.24) is 0 Å². The SMILES string of the molecule is CC#C[C@@H](C)[C@H](O[Si](C)(C)C(C)(C)C)[C@@H](C)[C@H](O[Si](C(C)C)(C(C)C)C(C)C)[C@H](C)CC. The van der Waals surface area contributed by atoms with Crippen LogP contribution in [-0.4, -0.2) is 28.8 Å². The zero-order valence-corrected chi connectivity index (χ0v) is 26.6. The summed E-state index contributed by atoms with van der Waals surface area (Å²) in [4.78, 5) is 0. The lowest BCUT2D eigenvalue weighted by atomic mass is 9.83. The highest BCUT2D eigenvalue weighted by atomic mass is 28.4. The average Bonchev–Trinajstić information content (AvgIpc) is 2.64. The van der Waals surface area contributed by atoms with E-state index in [0.717, 1.165) is 6.42 Å². The van der Waals surface area contributed by atoms with E-state index in [9.17, 15) is 0 Å². The minimum Gasteiger partial charge on any atom is -0.413 e. The lowest BCUT2D eigenvalue weighted by Crippen LogP contribution is -2.55. The molecule has 0 aliphatic rings. The molecule has 0 aliphatic carbocycles. The molecule has 0 aromatic rings. The molecule has 0 amide bonds. The topological polar surface area (TPSA) is 18.5 Å². The zero-order chi connectivity index (χ0) is 25.7. The molecule has 0 N–H and O–H groups in total. The maximum atomic E-state index is 7.47. The Morgan fingerprint density at radius 3 is 1.50 bits per heavy atom. The van der Waals surface area contributed by atoms with Crippen LogP contribution in [0.5, 0.6) is 0 Å². The Balaban J connectivity index is 6.48. The highest BCUT2D eigenvalue weighted by molar-refractivity contribution is 6.77. The predicted octanol–water partition coefficient (Wildman–Crippen LogP) is 9.28. The standard InChI is InChI=1S/C28H58O2Si2/c1-17-19-24(10)27(29-31(15,16)28(12,13)14)25(11)26(23(9)18-2)30-32(20(3)4,21(5)6)22(7)8/h20-27H,18H2,1-16H3/t23-,24-,25+,26-,27+/m1/s1. The second-order valence-corrected chi connectivity index (χ2v) is 22.8. The fourth-order valence-corrected chi connectivity index (χ4v) is 12.5. The van der Waals surface area contributed by atoms with Crippen molar-refractivity contribution in [2.45, 2.75) is 150 Å². The molecule has 0 rings (SSSR count). The largest absolute Gasteiger partial charge is 0.413 e. The van der Waals surface area contributed by atoms with Gasteiger partial charge in [-0.15, -0.1) is 5.92 Å². The molecule has 0 saturated heterocycles. The Labute approximate surface area is 205 Å². The van der Waals surface area contributed by atoms with Crippen LogP contribution < -0.4 is 0 Å². The summed E-state index contributed by atoms with van der Waals surface area (Å²) >= 11 is 0. The van der Waals surface area contributed by atoms with Crippen LogP contribution >= 0.6 is 0 Å². The summed E-state index contributed by atoms with van der Waals surface area (Å²) in [5.41, 5.74) is 1.73. The highest BCUT2D eigenvalue weighted by Gasteiger charge is 2.50. The molecule has 0 heterocycles. The van der Waals surface area contributed by atoms with Gasteiger partial charge in [-0.1, -0.05) is 95.4 Å². The van der Waals surface area contributed by atoms with Crippen LogP contribution in [-0.2, 0) is 8.85 Å². The van der Waals surface area contributed by atoms with Crippen molar-refractivity contribution in [3.05, 3.63) is 0 Å². The van der Waals surface area contributed by atoms with Crippen molar-refractivity contribution in [1.29, 1.82) is 0 Å². The molecular formula is C28H58O2Si2. The molecule has 0 aliphatic heterocycles. The first-order chi connectivity index (χ1) is 14.4. The second-order valence-electron chi connectivity index (χ2n) is 12.7. The molecule has 0 aromatic carbocycles. The molecule has 0 aromatic heterocycles. The summed E-state index contributed by atoms with van der Waals surface area (Å²) < 4.78 is 14.6. The summed E-state index contributed by atoms with van der Waals surface area (Å²) in [5.74, 6) is 7.58. The fraction of sp³-hybridized carbons (Fsp3) is 0.929. The molecule has 32 heavy (non-hydrogen) atoms. The summed E-state index contributed by atoms with van der Waals surface area (Å²) in [6, 6.07) is 0. The molecule has 0 spiro atoms. The van der Waals surface area contributed by atoms with Gasteiger partial charge in [-0.2, -0.15) is 0 Å². The van der Waals surface area contributed by atoms with Crippen LogP contribution in [0.1, 0.15) is 103 Å². The van der Waals surface area contributed by atoms with Gasteiger partial charge in [0.2, 0.25) is 8.32 Å². The van der Waals surface area contributed by atoms with Gasteiger partial charge in [-0.25, -0.2) is 0 Å². The van der Waals surface area contributed by atoms with Crippen LogP contribution in [0.15, 0.2) is 0 Å². The van der Waals surface area contributed by atoms with E-state index in [1.54, 1.807) is 0 Å². The summed E-state index contributed by atoms with van der Waals surface area (Å²) in [5, 5.41) is 0.170. The van der Waals surface area contributed by atoms with Gasteiger partial charge in [0.1, 0.15) is 0 Å². The lowest BCUT2D eigenvalue weighted by Gasteiger charge is -2.49. The van der Waals surface area contributed by atoms with Crippen molar-refractivity contribution in [2.75, 3.05) is 0 Å². The molecule has 190 valence electrons. The normalized spacial score (nSPS) is 18.3. The lowest BCUT2D eigenvalue weighted by molar-refractivity contribution is -0.00845. The van der Waals surface area contributed by atoms with E-state index in [1.165, 1.54) is 0 Å². The van der Waals surface area contributed by atoms with Crippen LogP contribution in [0.3, 0.4) is 0 Å². The minimum absolute atomic E-state index is 0.0838. The molecule has 0 unspecified atom stereocenters. The van der Waals surface area contributed by atoms with E-state index in [2.05, 4.69) is 115 Å². The van der Waals surface area contributed by atoms with E-state index >= 15 is 0 Å². The fourth-order valence-electron chi connectivity index (χ4n) is 5.30. The molecular weight excluding hydrogens is 424 g/mol. The van der Waals surface area contributed by atoms with Crippen LogP contribution in [0.25, 0.3) is 0 Å². The maximum absolute atomic E-state index is 7.47. The van der Waals surface area contributed by atoms with Gasteiger partial charge in [0.15, 0.2) is 8.32 Å². The van der Waals surface area contributed by atoms with Crippen LogP contribution in [0.2, 0.25) is 34.8 Å². The van der Waals surface area contributed by atoms with Gasteiger partial charge >= 0.3 is 0 Å². The maximum Gasteiger partial charge on any atom is 0.200 e. The molecule has 0 bridgehead atoms. The van der Waals surface area contributed by atoms with E-state index < -0.39 is 16.6 Å². The van der Waals surface area contributed by atoms with E-state index in [4.69, 9.17) is 8.85 Å². The van der Waals surface area contributed by atoms with Crippen molar-refractivity contribution >= 4 is 16.6 Å². The number of hydrogen-bond acceptors (Lipinski definition) is 2. The Kier molecular flexibility index (Phi) is 12.5. The smallest absolute Gasteiger partial charge is 0.200 e. The molecule has 0 fully saturated rings. The average molecular weight is 483 g/mol. The Hall–Kier alpha value is -0.0862. The third-order valence-electron chi connectivity index (χ3n) is 8.39. The van der Waals surface area contributed by atoms with Gasteiger partial charge in [-0.3, -0.25) is 0 Å². The van der Waals surface area contributed by atoms with Crippen molar-refractivity contribution in [3.8, 4) is 11.8 Å². The monoisotopic (exact) mass is 482 g/mol. The Bertz CT molecular complexity index is 585. The summed E-state index contributed by atoms with van der Waals surface area (Å²) in [6.45, 7) is 37.3. The van der Waals surface area contributed by atoms with E-state index in [0.29, 0.717) is 22.5 Å².